The zero-order valence-corrected chi connectivity index (χ0v) is 57.9. The zero-order chi connectivity index (χ0) is 65.9. The van der Waals surface area contributed by atoms with Gasteiger partial charge in [0.2, 0.25) is 34.2 Å². The Hall–Kier alpha value is -9.78. The quantitative estimate of drug-likeness (QED) is 0.148. The lowest BCUT2D eigenvalue weighted by Crippen LogP contribution is -2.32. The number of nitrogens with zero attached hydrogens (tertiary/aromatic N) is 6. The molecule has 6 aromatic carbocycles. The number of aromatic nitrogens is 6. The van der Waals surface area contributed by atoms with E-state index in [9.17, 15) is 0 Å². The first-order valence-electron chi connectivity index (χ1n) is 31.7. The van der Waals surface area contributed by atoms with Crippen LogP contribution in [0.25, 0.3) is 67.5 Å². The molecule has 0 atom stereocenters. The van der Waals surface area contributed by atoms with Gasteiger partial charge in [0, 0.05) is 104 Å². The highest BCUT2D eigenvalue weighted by atomic mass is 14.9. The summed E-state index contributed by atoms with van der Waals surface area (Å²) < 4.78 is 13.1. The van der Waals surface area contributed by atoms with Gasteiger partial charge in [0.25, 0.3) is 0 Å². The first-order chi connectivity index (χ1) is 43.5. The molecule has 0 aliphatic carbocycles. The van der Waals surface area contributed by atoms with E-state index in [-0.39, 0.29) is 0 Å². The molecule has 462 valence electrons. The van der Waals surface area contributed by atoms with Crippen LogP contribution in [0.5, 0.6) is 0 Å². The predicted molar refractivity (Wildman–Crippen MR) is 380 cm³/mol. The fraction of sp³-hybridized carbons (Fsp3) is 0.224. The minimum Gasteiger partial charge on any atom is -0.201 e. The molecule has 6 nitrogen and oxygen atoms in total. The normalized spacial score (nSPS) is 10.4. The molecule has 0 unspecified atom stereocenters. The number of rotatable bonds is 6. The van der Waals surface area contributed by atoms with Gasteiger partial charge in [-0.2, -0.15) is 0 Å². The SMILES string of the molecule is Cc1cc(-c2ccccc2C)[n+](C)cc1C.Cc1cc(C)c(-c2ccccc2C)[n+](C)c1.Cc1cc[n+](C)c(-c2ccccc2C)c1.Cc1ccc(-c2ccccc2C)[n+](C)c1.Cc1ccccc1-c1c(C)ccc[n+]1C.Cc1ccccc1-c1cccc[n+]1C. The van der Waals surface area contributed by atoms with Crippen molar-refractivity contribution in [1.29, 1.82) is 0 Å². The summed E-state index contributed by atoms with van der Waals surface area (Å²) in [6, 6.07) is 74.6. The van der Waals surface area contributed by atoms with Crippen LogP contribution in [-0.4, -0.2) is 0 Å². The average molecular weight is 1200 g/mol. The van der Waals surface area contributed by atoms with E-state index in [0.717, 1.165) is 0 Å². The number of hydrogen-bond acceptors (Lipinski definition) is 0. The highest BCUT2D eigenvalue weighted by molar-refractivity contribution is 5.66. The lowest BCUT2D eigenvalue weighted by Gasteiger charge is -2.07. The molecule has 0 radical (unpaired) electrons. The van der Waals surface area contributed by atoms with E-state index in [1.807, 2.05) is 6.07 Å². The van der Waals surface area contributed by atoms with E-state index in [1.165, 1.54) is 140 Å². The number of benzene rings is 6. The lowest BCUT2D eigenvalue weighted by molar-refractivity contribution is -0.661. The van der Waals surface area contributed by atoms with Gasteiger partial charge in [-0.25, -0.2) is 27.4 Å². The third kappa shape index (κ3) is 18.4. The van der Waals surface area contributed by atoms with Crippen molar-refractivity contribution in [3.05, 3.63) is 322 Å². The zero-order valence-electron chi connectivity index (χ0n) is 57.9. The first-order valence-corrected chi connectivity index (χ1v) is 31.7. The fourth-order valence-electron chi connectivity index (χ4n) is 11.7. The largest absolute Gasteiger partial charge is 0.215 e. The van der Waals surface area contributed by atoms with Gasteiger partial charge in [-0.1, -0.05) is 109 Å². The monoisotopic (exact) mass is 1200 g/mol. The Bertz CT molecular complexity index is 4330. The maximum atomic E-state index is 2.26. The second-order valence-corrected chi connectivity index (χ2v) is 24.4. The summed E-state index contributed by atoms with van der Waals surface area (Å²) in [5, 5.41) is 0. The van der Waals surface area contributed by atoms with E-state index < -0.39 is 0 Å². The van der Waals surface area contributed by atoms with Crippen molar-refractivity contribution in [1.82, 2.24) is 0 Å². The van der Waals surface area contributed by atoms with E-state index in [0.29, 0.717) is 0 Å². The minimum absolute atomic E-state index is 1.26. The molecule has 91 heavy (non-hydrogen) atoms. The molecule has 6 aromatic heterocycles. The third-order valence-electron chi connectivity index (χ3n) is 16.8. The van der Waals surface area contributed by atoms with Crippen LogP contribution >= 0.6 is 0 Å². The maximum Gasteiger partial charge on any atom is 0.215 e. The van der Waals surface area contributed by atoms with Crippen LogP contribution in [0.2, 0.25) is 0 Å². The summed E-state index contributed by atoms with van der Waals surface area (Å²) >= 11 is 0. The fourth-order valence-corrected chi connectivity index (χ4v) is 11.7. The van der Waals surface area contributed by atoms with Gasteiger partial charge >= 0.3 is 0 Å². The molecule has 0 amide bonds. The molecule has 0 bridgehead atoms. The predicted octanol–water partition coefficient (Wildman–Crippen LogP) is 17.1. The van der Waals surface area contributed by atoms with Gasteiger partial charge in [-0.05, 0) is 195 Å². The molecule has 0 saturated carbocycles. The Balaban J connectivity index is 0.000000155. The van der Waals surface area contributed by atoms with Crippen molar-refractivity contribution in [2.75, 3.05) is 0 Å². The van der Waals surface area contributed by atoms with Gasteiger partial charge in [0.1, 0.15) is 42.3 Å². The van der Waals surface area contributed by atoms with E-state index in [1.54, 1.807) is 0 Å². The summed E-state index contributed by atoms with van der Waals surface area (Å²) in [5.74, 6) is 0. The molecule has 6 heterocycles. The van der Waals surface area contributed by atoms with Crippen LogP contribution in [0, 0.1) is 90.0 Å². The van der Waals surface area contributed by atoms with Crippen molar-refractivity contribution < 1.29 is 27.4 Å². The van der Waals surface area contributed by atoms with Gasteiger partial charge in [-0.15, -0.1) is 0 Å². The van der Waals surface area contributed by atoms with Gasteiger partial charge in [-0.3, -0.25) is 0 Å². The molecule has 12 aromatic rings. The first kappa shape index (κ1) is 68.7. The average Bonchev–Trinajstić information content (AvgIpc) is 1.09. The van der Waals surface area contributed by atoms with E-state index in [4.69, 9.17) is 0 Å². The highest BCUT2D eigenvalue weighted by Gasteiger charge is 2.18. The van der Waals surface area contributed by atoms with E-state index >= 15 is 0 Å². The Labute approximate surface area is 546 Å². The number of pyridine rings is 6. The van der Waals surface area contributed by atoms with Crippen molar-refractivity contribution >= 4 is 0 Å². The molecule has 0 saturated heterocycles. The van der Waals surface area contributed by atoms with E-state index in [2.05, 4.69) is 403 Å². The van der Waals surface area contributed by atoms with Gasteiger partial charge < -0.3 is 0 Å². The summed E-state index contributed by atoms with van der Waals surface area (Å²) in [6.45, 7) is 27.9. The summed E-state index contributed by atoms with van der Waals surface area (Å²) in [4.78, 5) is 0. The Morgan fingerprint density at radius 3 is 0.989 bits per heavy atom. The minimum atomic E-state index is 1.26. The van der Waals surface area contributed by atoms with Gasteiger partial charge in [0.05, 0.1) is 0 Å². The Morgan fingerprint density at radius 1 is 0.187 bits per heavy atom. The topological polar surface area (TPSA) is 23.3 Å². The molecule has 0 spiro atoms. The molecule has 0 N–H and O–H groups in total. The molecule has 12 rings (SSSR count). The number of hydrogen-bond donors (Lipinski definition) is 0. The van der Waals surface area contributed by atoms with Crippen molar-refractivity contribution in [3.8, 4) is 67.5 Å². The van der Waals surface area contributed by atoms with Crippen LogP contribution in [0.3, 0.4) is 0 Å². The highest BCUT2D eigenvalue weighted by Crippen LogP contribution is 2.27. The third-order valence-corrected chi connectivity index (χ3v) is 16.8. The molecule has 0 fully saturated rings. The Kier molecular flexibility index (Phi) is 24.6. The second kappa shape index (κ2) is 32.6. The van der Waals surface area contributed by atoms with Crippen LogP contribution in [0.15, 0.2) is 250 Å². The van der Waals surface area contributed by atoms with Crippen molar-refractivity contribution in [2.45, 2.75) is 90.0 Å². The number of aryl methyl sites for hydroxylation is 19. The summed E-state index contributed by atoms with van der Waals surface area (Å²) in [5.41, 5.74) is 32.7. The molecule has 0 aliphatic heterocycles. The van der Waals surface area contributed by atoms with Crippen molar-refractivity contribution in [2.24, 2.45) is 42.3 Å². The maximum absolute atomic E-state index is 2.26. The molecule has 0 aliphatic rings. The smallest absolute Gasteiger partial charge is 0.201 e. The Morgan fingerprint density at radius 2 is 0.549 bits per heavy atom. The van der Waals surface area contributed by atoms with Gasteiger partial charge in [0.15, 0.2) is 37.2 Å². The van der Waals surface area contributed by atoms with Crippen LogP contribution < -0.4 is 27.4 Å². The second-order valence-electron chi connectivity index (χ2n) is 24.4. The van der Waals surface area contributed by atoms with Crippen LogP contribution in [0.1, 0.15) is 72.3 Å². The summed E-state index contributed by atoms with van der Waals surface area (Å²) in [7, 11) is 12.6. The lowest BCUT2D eigenvalue weighted by atomic mass is 10.0. The molecular weight excluding hydrogens is 1100 g/mol. The molecule has 6 heteroatoms. The standard InChI is InChI=1S/2C15H18N.3C14H16N.C13H14N/c1-11-9-13(3)15(16(4)10-11)14-8-6-5-7-12(14)2;1-11-7-5-6-8-14(11)15-9-12(2)13(3)10-16(15)4;1-11-7-4-5-9-13(11)14-12(2)8-6-10-15(14)3;1-11-8-9-15(3)14(10-11)13-7-5-4-6-12(13)2;1-11-8-9-14(15(3)10-11)13-7-5-4-6-12(13)2;1-11-7-3-4-8-12(11)13-9-5-6-10-14(13)2/h2*5-10H,1-4H3;3*4-10H,1-3H3;3-10H,1-2H3/q6*+1. The van der Waals surface area contributed by atoms with Crippen LogP contribution in [0.4, 0.5) is 0 Å². The molecular formula is C85H98N6+6. The summed E-state index contributed by atoms with van der Waals surface area (Å²) in [6.07, 6.45) is 12.8. The van der Waals surface area contributed by atoms with Crippen LogP contribution in [-0.2, 0) is 42.3 Å². The van der Waals surface area contributed by atoms with Crippen molar-refractivity contribution in [3.63, 3.8) is 0 Å².